The average molecular weight is 706 g/mol. The van der Waals surface area contributed by atoms with Crippen molar-refractivity contribution in [3.63, 3.8) is 0 Å². The zero-order valence-electron chi connectivity index (χ0n) is 29.6. The monoisotopic (exact) mass is 705 g/mol. The van der Waals surface area contributed by atoms with Gasteiger partial charge in [0.1, 0.15) is 16.9 Å². The van der Waals surface area contributed by atoms with Gasteiger partial charge in [-0.25, -0.2) is 0 Å². The fraction of sp³-hybridized carbons (Fsp3) is 0. The normalized spacial score (nSPS) is 11.6. The Balaban J connectivity index is 1.07. The Kier molecular flexibility index (Phi) is 7.10. The first-order chi connectivity index (χ1) is 27.3. The first kappa shape index (κ1) is 31.1. The Labute approximate surface area is 316 Å². The Morgan fingerprint density at radius 2 is 1.07 bits per heavy atom. The molecule has 4 aromatic heterocycles. The number of fused-ring (bicyclic) bond motifs is 7. The predicted octanol–water partition coefficient (Wildman–Crippen LogP) is 13.9. The second-order valence-corrected chi connectivity index (χ2v) is 13.8. The summed E-state index contributed by atoms with van der Waals surface area (Å²) in [6.45, 7) is 0. The van der Waals surface area contributed by atoms with Gasteiger partial charge in [-0.3, -0.25) is 9.97 Å². The minimum absolute atomic E-state index is 0.785. The predicted molar refractivity (Wildman–Crippen MR) is 225 cm³/mol. The molecule has 5 heteroatoms. The third kappa shape index (κ3) is 5.17. The summed E-state index contributed by atoms with van der Waals surface area (Å²) in [7, 11) is 0. The number of nitrogens with zero attached hydrogens (tertiary/aromatic N) is 3. The van der Waals surface area contributed by atoms with Gasteiger partial charge in [0.2, 0.25) is 0 Å². The number of benzene rings is 7. The number of hydrogen-bond donors (Lipinski definition) is 0. The topological polar surface area (TPSA) is 55.3 Å². The Bertz CT molecular complexity index is 3040. The van der Waals surface area contributed by atoms with Crippen molar-refractivity contribution in [3.8, 4) is 33.5 Å². The maximum absolute atomic E-state index is 6.37. The molecule has 0 fully saturated rings. The van der Waals surface area contributed by atoms with Crippen molar-refractivity contribution in [1.82, 2.24) is 9.97 Å². The molecule has 0 saturated heterocycles. The molecule has 0 spiro atoms. The van der Waals surface area contributed by atoms with Crippen molar-refractivity contribution in [1.29, 1.82) is 0 Å². The molecule has 0 N–H and O–H groups in total. The lowest BCUT2D eigenvalue weighted by Gasteiger charge is -2.28. The fourth-order valence-electron chi connectivity index (χ4n) is 8.00. The standard InChI is InChI=1S/C50H31N3O2/c1-2-9-32(10-3-1)36-29-35-11-4-5-12-39(35)45(30-36)53(37-21-17-33(18-22-37)40-14-8-15-43-42-25-27-51-31-47(42)55-49(40)43)38-23-19-34(20-24-38)48-50-44(26-28-52-48)41-13-6-7-16-46(41)54-50/h1-31H. The SMILES string of the molecule is c1ccc(-c2cc(N(c3ccc(-c4cccc5c4oc4cnccc45)cc3)c3ccc(-c4nccc5c4oc4ccccc45)cc3)c3ccccc3c2)cc1. The Morgan fingerprint density at radius 1 is 0.418 bits per heavy atom. The molecule has 258 valence electrons. The number of hydrogen-bond acceptors (Lipinski definition) is 5. The highest BCUT2D eigenvalue weighted by molar-refractivity contribution is 6.10. The smallest absolute Gasteiger partial charge is 0.161 e. The number of pyridine rings is 2. The molecule has 0 aliphatic rings. The van der Waals surface area contributed by atoms with Crippen molar-refractivity contribution in [3.05, 3.63) is 188 Å². The van der Waals surface area contributed by atoms with Crippen LogP contribution in [0.4, 0.5) is 17.1 Å². The van der Waals surface area contributed by atoms with Crippen molar-refractivity contribution in [2.75, 3.05) is 4.90 Å². The van der Waals surface area contributed by atoms with E-state index in [0.29, 0.717) is 0 Å². The molecule has 0 radical (unpaired) electrons. The van der Waals surface area contributed by atoms with E-state index in [-0.39, 0.29) is 0 Å². The van der Waals surface area contributed by atoms with Gasteiger partial charge in [0, 0.05) is 61.8 Å². The molecule has 0 amide bonds. The molecule has 0 aliphatic carbocycles. The molecule has 0 bridgehead atoms. The van der Waals surface area contributed by atoms with Gasteiger partial charge in [0.05, 0.1) is 11.9 Å². The molecule has 11 aromatic rings. The molecule has 7 aromatic carbocycles. The molecule has 0 saturated carbocycles. The molecule has 0 atom stereocenters. The first-order valence-corrected chi connectivity index (χ1v) is 18.4. The highest BCUT2D eigenvalue weighted by atomic mass is 16.3. The summed E-state index contributed by atoms with van der Waals surface area (Å²) < 4.78 is 12.7. The van der Waals surface area contributed by atoms with Crippen LogP contribution >= 0.6 is 0 Å². The zero-order chi connectivity index (χ0) is 36.3. The molecule has 11 rings (SSSR count). The molecule has 0 unspecified atom stereocenters. The van der Waals surface area contributed by atoms with Gasteiger partial charge in [-0.05, 0) is 76.7 Å². The van der Waals surface area contributed by atoms with Crippen LogP contribution in [0.5, 0.6) is 0 Å². The second-order valence-electron chi connectivity index (χ2n) is 13.8. The van der Waals surface area contributed by atoms with Gasteiger partial charge < -0.3 is 13.7 Å². The summed E-state index contributed by atoms with van der Waals surface area (Å²) >= 11 is 0. The summed E-state index contributed by atoms with van der Waals surface area (Å²) in [6.07, 6.45) is 5.46. The van der Waals surface area contributed by atoms with Gasteiger partial charge in [-0.15, -0.1) is 0 Å². The van der Waals surface area contributed by atoms with Crippen LogP contribution in [0.3, 0.4) is 0 Å². The van der Waals surface area contributed by atoms with Crippen LogP contribution < -0.4 is 4.90 Å². The molecule has 0 aliphatic heterocycles. The quantitative estimate of drug-likeness (QED) is 0.172. The molecule has 4 heterocycles. The third-order valence-corrected chi connectivity index (χ3v) is 10.6. The number of aromatic nitrogens is 2. The number of anilines is 3. The number of furan rings is 2. The lowest BCUT2D eigenvalue weighted by Crippen LogP contribution is -2.10. The van der Waals surface area contributed by atoms with Crippen molar-refractivity contribution in [2.45, 2.75) is 0 Å². The van der Waals surface area contributed by atoms with E-state index in [0.717, 1.165) is 94.3 Å². The second kappa shape index (κ2) is 12.6. The summed E-state index contributed by atoms with van der Waals surface area (Å²) in [5, 5.41) is 6.62. The number of para-hydroxylation sites is 2. The van der Waals surface area contributed by atoms with Gasteiger partial charge in [0.15, 0.2) is 11.2 Å². The van der Waals surface area contributed by atoms with Crippen LogP contribution in [-0.2, 0) is 0 Å². The Morgan fingerprint density at radius 3 is 1.91 bits per heavy atom. The highest BCUT2D eigenvalue weighted by Crippen LogP contribution is 2.44. The molecular formula is C50H31N3O2. The maximum Gasteiger partial charge on any atom is 0.161 e. The van der Waals surface area contributed by atoms with Crippen LogP contribution in [0.15, 0.2) is 197 Å². The molecular weight excluding hydrogens is 675 g/mol. The summed E-state index contributed by atoms with van der Waals surface area (Å²) in [5.74, 6) is 0. The van der Waals surface area contributed by atoms with Crippen molar-refractivity contribution >= 4 is 71.7 Å². The van der Waals surface area contributed by atoms with E-state index in [4.69, 9.17) is 13.8 Å². The van der Waals surface area contributed by atoms with E-state index < -0.39 is 0 Å². The zero-order valence-corrected chi connectivity index (χ0v) is 29.6. The third-order valence-electron chi connectivity index (χ3n) is 10.6. The van der Waals surface area contributed by atoms with E-state index in [9.17, 15) is 0 Å². The number of rotatable bonds is 6. The largest absolute Gasteiger partial charge is 0.454 e. The van der Waals surface area contributed by atoms with Crippen molar-refractivity contribution in [2.24, 2.45) is 0 Å². The van der Waals surface area contributed by atoms with E-state index >= 15 is 0 Å². The lowest BCUT2D eigenvalue weighted by atomic mass is 9.98. The van der Waals surface area contributed by atoms with Gasteiger partial charge in [0.25, 0.3) is 0 Å². The summed E-state index contributed by atoms with van der Waals surface area (Å²) in [6, 6.07) is 59.7. The maximum atomic E-state index is 6.37. The Hall–Kier alpha value is -7.50. The van der Waals surface area contributed by atoms with E-state index in [1.807, 2.05) is 42.7 Å². The minimum Gasteiger partial charge on any atom is -0.454 e. The molecule has 5 nitrogen and oxygen atoms in total. The average Bonchev–Trinajstić information content (AvgIpc) is 3.83. The van der Waals surface area contributed by atoms with Crippen LogP contribution in [0.1, 0.15) is 0 Å². The minimum atomic E-state index is 0.785. The first-order valence-electron chi connectivity index (χ1n) is 18.4. The van der Waals surface area contributed by atoms with Gasteiger partial charge in [-0.1, -0.05) is 115 Å². The van der Waals surface area contributed by atoms with Crippen LogP contribution in [0, 0.1) is 0 Å². The van der Waals surface area contributed by atoms with Gasteiger partial charge in [-0.2, -0.15) is 0 Å². The summed E-state index contributed by atoms with van der Waals surface area (Å²) in [4.78, 5) is 11.4. The van der Waals surface area contributed by atoms with Crippen molar-refractivity contribution < 1.29 is 8.83 Å². The van der Waals surface area contributed by atoms with E-state index in [1.165, 1.54) is 10.9 Å². The van der Waals surface area contributed by atoms with Gasteiger partial charge >= 0.3 is 0 Å². The van der Waals surface area contributed by atoms with Crippen LogP contribution in [-0.4, -0.2) is 9.97 Å². The van der Waals surface area contributed by atoms with E-state index in [2.05, 4.69) is 149 Å². The lowest BCUT2D eigenvalue weighted by molar-refractivity contribution is 0.667. The fourth-order valence-corrected chi connectivity index (χ4v) is 8.00. The van der Waals surface area contributed by atoms with Crippen LogP contribution in [0.25, 0.3) is 88.2 Å². The van der Waals surface area contributed by atoms with E-state index in [1.54, 1.807) is 6.20 Å². The highest BCUT2D eigenvalue weighted by Gasteiger charge is 2.20. The summed E-state index contributed by atoms with van der Waals surface area (Å²) in [5.41, 5.74) is 12.7. The van der Waals surface area contributed by atoms with Crippen LogP contribution in [0.2, 0.25) is 0 Å². The molecule has 55 heavy (non-hydrogen) atoms.